The molecule has 0 unspecified atom stereocenters. The summed E-state index contributed by atoms with van der Waals surface area (Å²) in [5, 5.41) is 6.29. The van der Waals surface area contributed by atoms with Gasteiger partial charge in [0, 0.05) is 31.9 Å². The fourth-order valence-corrected chi connectivity index (χ4v) is 2.42. The number of hydrogen-bond donors (Lipinski definition) is 2. The average molecular weight is 290 g/mol. The van der Waals surface area contributed by atoms with Crippen LogP contribution >= 0.6 is 0 Å². The van der Waals surface area contributed by atoms with Crippen molar-refractivity contribution in [2.45, 2.75) is 33.2 Å². The predicted octanol–water partition coefficient (Wildman–Crippen LogP) is 2.12. The van der Waals surface area contributed by atoms with Gasteiger partial charge in [0.1, 0.15) is 0 Å². The molecule has 1 amide bonds. The summed E-state index contributed by atoms with van der Waals surface area (Å²) in [6.07, 6.45) is 1.90. The molecule has 4 heteroatoms. The van der Waals surface area contributed by atoms with Gasteiger partial charge in [0.25, 0.3) is 5.91 Å². The third-order valence-electron chi connectivity index (χ3n) is 3.56. The summed E-state index contributed by atoms with van der Waals surface area (Å²) in [5.74, 6) is 0.566. The van der Waals surface area contributed by atoms with Crippen molar-refractivity contribution in [1.82, 2.24) is 10.6 Å². The van der Waals surface area contributed by atoms with Crippen LogP contribution in [0.15, 0.2) is 18.2 Å². The molecule has 1 aromatic rings. The summed E-state index contributed by atoms with van der Waals surface area (Å²) in [5.41, 5.74) is 3.35. The van der Waals surface area contributed by atoms with Gasteiger partial charge >= 0.3 is 0 Å². The van der Waals surface area contributed by atoms with Crippen LogP contribution in [0.25, 0.3) is 0 Å². The van der Waals surface area contributed by atoms with E-state index in [1.165, 1.54) is 11.1 Å². The average Bonchev–Trinajstić information content (AvgIpc) is 2.49. The molecular weight excluding hydrogens is 264 g/mol. The maximum Gasteiger partial charge on any atom is 0.251 e. The lowest BCUT2D eigenvalue weighted by molar-refractivity contribution is 0.0925. The molecule has 21 heavy (non-hydrogen) atoms. The van der Waals surface area contributed by atoms with E-state index in [9.17, 15) is 4.79 Å². The van der Waals surface area contributed by atoms with Gasteiger partial charge in [0.05, 0.1) is 0 Å². The molecule has 1 aliphatic rings. The Kier molecular flexibility index (Phi) is 6.21. The summed E-state index contributed by atoms with van der Waals surface area (Å²) < 4.78 is 5.50. The molecule has 116 valence electrons. The van der Waals surface area contributed by atoms with E-state index in [0.717, 1.165) is 38.1 Å². The van der Waals surface area contributed by atoms with E-state index in [4.69, 9.17) is 4.74 Å². The smallest absolute Gasteiger partial charge is 0.251 e. The Morgan fingerprint density at radius 2 is 2.24 bits per heavy atom. The van der Waals surface area contributed by atoms with E-state index in [0.29, 0.717) is 19.1 Å². The fraction of sp³-hybridized carbons (Fsp3) is 0.588. The molecule has 0 aromatic heterocycles. The Bertz CT molecular complexity index is 472. The zero-order valence-corrected chi connectivity index (χ0v) is 13.1. The molecule has 1 aliphatic heterocycles. The van der Waals surface area contributed by atoms with E-state index in [-0.39, 0.29) is 5.91 Å². The second-order valence-corrected chi connectivity index (χ2v) is 5.99. The van der Waals surface area contributed by atoms with Gasteiger partial charge in [0.15, 0.2) is 0 Å². The lowest BCUT2D eigenvalue weighted by Crippen LogP contribution is -2.27. The molecule has 2 rings (SSSR count). The van der Waals surface area contributed by atoms with Crippen LogP contribution in [0.2, 0.25) is 0 Å². The topological polar surface area (TPSA) is 50.4 Å². The maximum atomic E-state index is 12.1. The first kappa shape index (κ1) is 16.0. The number of nitrogens with one attached hydrogen (secondary N) is 2. The van der Waals surface area contributed by atoms with Gasteiger partial charge < -0.3 is 15.4 Å². The largest absolute Gasteiger partial charge is 0.381 e. The highest BCUT2D eigenvalue weighted by Crippen LogP contribution is 2.15. The Balaban J connectivity index is 1.73. The summed E-state index contributed by atoms with van der Waals surface area (Å²) >= 11 is 0. The van der Waals surface area contributed by atoms with Crippen molar-refractivity contribution in [3.05, 3.63) is 34.9 Å². The molecule has 0 radical (unpaired) electrons. The fourth-order valence-electron chi connectivity index (χ4n) is 2.42. The molecule has 0 spiro atoms. The Morgan fingerprint density at radius 3 is 3.05 bits per heavy atom. The van der Waals surface area contributed by atoms with Gasteiger partial charge in [-0.3, -0.25) is 4.79 Å². The highest BCUT2D eigenvalue weighted by molar-refractivity contribution is 5.94. The second kappa shape index (κ2) is 8.15. The normalized spacial score (nSPS) is 14.0. The number of rotatable bonds is 7. The maximum absolute atomic E-state index is 12.1. The number of benzene rings is 1. The van der Waals surface area contributed by atoms with Gasteiger partial charge in [-0.05, 0) is 48.6 Å². The Morgan fingerprint density at radius 1 is 1.38 bits per heavy atom. The SMILES string of the molecule is CC(C)COCCCNC(=O)c1ccc2c(c1)CNCC2. The quantitative estimate of drug-likeness (QED) is 0.756. The molecule has 0 aliphatic carbocycles. The number of ether oxygens (including phenoxy) is 1. The molecular formula is C17H26N2O2. The summed E-state index contributed by atoms with van der Waals surface area (Å²) in [4.78, 5) is 12.1. The van der Waals surface area contributed by atoms with Gasteiger partial charge in [-0.1, -0.05) is 19.9 Å². The van der Waals surface area contributed by atoms with Crippen LogP contribution in [0.1, 0.15) is 41.8 Å². The molecule has 1 heterocycles. The monoisotopic (exact) mass is 290 g/mol. The lowest BCUT2D eigenvalue weighted by atomic mass is 9.98. The van der Waals surface area contributed by atoms with Crippen molar-refractivity contribution in [1.29, 1.82) is 0 Å². The minimum atomic E-state index is 0.00670. The molecule has 0 saturated heterocycles. The van der Waals surface area contributed by atoms with Crippen LogP contribution in [-0.2, 0) is 17.7 Å². The zero-order chi connectivity index (χ0) is 15.1. The van der Waals surface area contributed by atoms with Gasteiger partial charge in [-0.25, -0.2) is 0 Å². The predicted molar refractivity (Wildman–Crippen MR) is 84.5 cm³/mol. The van der Waals surface area contributed by atoms with Crippen LogP contribution in [0.5, 0.6) is 0 Å². The van der Waals surface area contributed by atoms with Crippen molar-refractivity contribution >= 4 is 5.91 Å². The molecule has 0 fully saturated rings. The molecule has 0 saturated carbocycles. The van der Waals surface area contributed by atoms with Crippen LogP contribution in [0.4, 0.5) is 0 Å². The number of carbonyl (C=O) groups is 1. The first-order valence-corrected chi connectivity index (χ1v) is 7.85. The Hall–Kier alpha value is -1.39. The number of fused-ring (bicyclic) bond motifs is 1. The number of hydrogen-bond acceptors (Lipinski definition) is 3. The minimum Gasteiger partial charge on any atom is -0.381 e. The second-order valence-electron chi connectivity index (χ2n) is 5.99. The third kappa shape index (κ3) is 5.14. The lowest BCUT2D eigenvalue weighted by Gasteiger charge is -2.17. The molecule has 4 nitrogen and oxygen atoms in total. The minimum absolute atomic E-state index is 0.00670. The van der Waals surface area contributed by atoms with Crippen LogP contribution in [0.3, 0.4) is 0 Å². The van der Waals surface area contributed by atoms with Crippen molar-refractivity contribution in [3.63, 3.8) is 0 Å². The van der Waals surface area contributed by atoms with Crippen molar-refractivity contribution in [3.8, 4) is 0 Å². The molecule has 1 aromatic carbocycles. The molecule has 2 N–H and O–H groups in total. The van der Waals surface area contributed by atoms with Crippen LogP contribution < -0.4 is 10.6 Å². The van der Waals surface area contributed by atoms with Gasteiger partial charge in [-0.15, -0.1) is 0 Å². The highest BCUT2D eigenvalue weighted by Gasteiger charge is 2.12. The van der Waals surface area contributed by atoms with Crippen molar-refractivity contribution in [2.75, 3.05) is 26.3 Å². The van der Waals surface area contributed by atoms with E-state index in [1.807, 2.05) is 12.1 Å². The number of carbonyl (C=O) groups excluding carboxylic acids is 1. The summed E-state index contributed by atoms with van der Waals surface area (Å²) in [6.45, 7) is 8.29. The van der Waals surface area contributed by atoms with Gasteiger partial charge in [0.2, 0.25) is 0 Å². The summed E-state index contributed by atoms with van der Waals surface area (Å²) in [7, 11) is 0. The van der Waals surface area contributed by atoms with Crippen LogP contribution in [0, 0.1) is 5.92 Å². The Labute approximate surface area is 127 Å². The van der Waals surface area contributed by atoms with E-state index in [2.05, 4.69) is 30.5 Å². The standard InChI is InChI=1S/C17H26N2O2/c1-13(2)12-21-9-3-7-19-17(20)15-5-4-14-6-8-18-11-16(14)10-15/h4-5,10,13,18H,3,6-9,11-12H2,1-2H3,(H,19,20). The molecule has 0 atom stereocenters. The van der Waals surface area contributed by atoms with Crippen LogP contribution in [-0.4, -0.2) is 32.2 Å². The first-order chi connectivity index (χ1) is 10.2. The number of amides is 1. The van der Waals surface area contributed by atoms with E-state index in [1.54, 1.807) is 0 Å². The zero-order valence-electron chi connectivity index (χ0n) is 13.1. The van der Waals surface area contributed by atoms with E-state index < -0.39 is 0 Å². The third-order valence-corrected chi connectivity index (χ3v) is 3.56. The highest BCUT2D eigenvalue weighted by atomic mass is 16.5. The van der Waals surface area contributed by atoms with Crippen molar-refractivity contribution < 1.29 is 9.53 Å². The molecule has 0 bridgehead atoms. The summed E-state index contributed by atoms with van der Waals surface area (Å²) in [6, 6.07) is 6.01. The van der Waals surface area contributed by atoms with Crippen molar-refractivity contribution in [2.24, 2.45) is 5.92 Å². The van der Waals surface area contributed by atoms with Gasteiger partial charge in [-0.2, -0.15) is 0 Å². The van der Waals surface area contributed by atoms with E-state index >= 15 is 0 Å². The first-order valence-electron chi connectivity index (χ1n) is 7.85.